The Morgan fingerprint density at radius 3 is 1.56 bits per heavy atom. The van der Waals surface area contributed by atoms with Gasteiger partial charge in [0.25, 0.3) is 0 Å². The Morgan fingerprint density at radius 1 is 0.889 bits per heavy atom. The van der Waals surface area contributed by atoms with Crippen molar-refractivity contribution in [1.29, 1.82) is 0 Å². The maximum Gasteiger partial charge on any atom is 0.0615 e. The van der Waals surface area contributed by atoms with Crippen molar-refractivity contribution in [2.24, 2.45) is 0 Å². The van der Waals surface area contributed by atoms with Gasteiger partial charge < -0.3 is 0 Å². The van der Waals surface area contributed by atoms with Crippen LogP contribution in [0.2, 0.25) is 0 Å². The van der Waals surface area contributed by atoms with Crippen molar-refractivity contribution in [3.63, 3.8) is 0 Å². The van der Waals surface area contributed by atoms with E-state index in [1.165, 1.54) is 26.1 Å². The van der Waals surface area contributed by atoms with Gasteiger partial charge in [-0.1, -0.05) is 6.92 Å². The molecule has 4 nitrogen and oxygen atoms in total. The van der Waals surface area contributed by atoms with E-state index in [-0.39, 0.29) is 0 Å². The molecule has 2 atom stereocenters. The molecule has 2 fully saturated rings. The number of hydrogen-bond donors (Lipinski definition) is 0. The van der Waals surface area contributed by atoms with Crippen LogP contribution in [0.15, 0.2) is 0 Å². The minimum atomic E-state index is 0.625. The van der Waals surface area contributed by atoms with E-state index in [2.05, 4.69) is 68.6 Å². The Morgan fingerprint density at radius 2 is 1.39 bits per heavy atom. The van der Waals surface area contributed by atoms with Crippen LogP contribution in [0.3, 0.4) is 0 Å². The second kappa shape index (κ2) is 6.85. The maximum absolute atomic E-state index is 2.40. The van der Waals surface area contributed by atoms with Crippen LogP contribution in [-0.4, -0.2) is 85.8 Å². The van der Waals surface area contributed by atoms with Gasteiger partial charge in [0, 0.05) is 25.7 Å². The Kier molecular flexibility index (Phi) is 6.05. The molecule has 2 rings (SSSR count). The predicted octanol–water partition coefficient (Wildman–Crippen LogP) is 1.20. The average Bonchev–Trinajstić information content (AvgIpc) is 2.76. The molecule has 0 aromatic rings. The maximum atomic E-state index is 2.40. The summed E-state index contributed by atoms with van der Waals surface area (Å²) in [7, 11) is 8.73. The summed E-state index contributed by atoms with van der Waals surface area (Å²) in [6, 6.07) is 0.727. The van der Waals surface area contributed by atoms with Crippen LogP contribution in [0.5, 0.6) is 0 Å². The van der Waals surface area contributed by atoms with E-state index in [0.717, 1.165) is 6.04 Å². The molecule has 0 radical (unpaired) electrons. The molecule has 2 aliphatic heterocycles. The van der Waals surface area contributed by atoms with Gasteiger partial charge in [-0.25, -0.2) is 0 Å². The zero-order chi connectivity index (χ0) is 13.9. The van der Waals surface area contributed by atoms with Crippen molar-refractivity contribution in [2.75, 3.05) is 47.8 Å². The van der Waals surface area contributed by atoms with E-state index in [1.807, 2.05) is 0 Å². The number of nitrogens with zero attached hydrogens (tertiary/aromatic N) is 4. The van der Waals surface area contributed by atoms with E-state index in [4.69, 9.17) is 0 Å². The van der Waals surface area contributed by atoms with Crippen molar-refractivity contribution in [2.45, 2.75) is 45.6 Å². The highest BCUT2D eigenvalue weighted by atomic mass is 15.4. The quantitative estimate of drug-likeness (QED) is 0.699. The van der Waals surface area contributed by atoms with Crippen LogP contribution in [0.25, 0.3) is 0 Å². The first-order chi connectivity index (χ1) is 8.38. The molecule has 2 aliphatic rings. The van der Waals surface area contributed by atoms with E-state index < -0.39 is 0 Å². The molecule has 0 aromatic heterocycles. The topological polar surface area (TPSA) is 13.0 Å². The molecular formula is C14H32N4. The number of rotatable bonds is 1. The second-order valence-corrected chi connectivity index (χ2v) is 5.94. The van der Waals surface area contributed by atoms with E-state index in [0.29, 0.717) is 12.3 Å². The van der Waals surface area contributed by atoms with Crippen LogP contribution in [0, 0.1) is 0 Å². The minimum Gasteiger partial charge on any atom is -0.290 e. The predicted molar refractivity (Wildman–Crippen MR) is 78.7 cm³/mol. The fourth-order valence-electron chi connectivity index (χ4n) is 2.95. The zero-order valence-corrected chi connectivity index (χ0v) is 13.3. The summed E-state index contributed by atoms with van der Waals surface area (Å²) in [4.78, 5) is 9.56. The van der Waals surface area contributed by atoms with Gasteiger partial charge in [-0.3, -0.25) is 19.6 Å². The lowest BCUT2D eigenvalue weighted by Gasteiger charge is -2.22. The van der Waals surface area contributed by atoms with Crippen LogP contribution < -0.4 is 0 Å². The van der Waals surface area contributed by atoms with Crippen LogP contribution >= 0.6 is 0 Å². The SMILES string of the molecule is CC1CN(C)C(C)N1C.CCC1N(C)CCN1C. The number of likely N-dealkylation sites (N-methyl/N-ethyl adjacent to an activating group) is 4. The van der Waals surface area contributed by atoms with Gasteiger partial charge in [-0.2, -0.15) is 0 Å². The average molecular weight is 256 g/mol. The number of hydrogen-bond acceptors (Lipinski definition) is 4. The molecular weight excluding hydrogens is 224 g/mol. The molecule has 0 N–H and O–H groups in total. The Labute approximate surface area is 114 Å². The van der Waals surface area contributed by atoms with Gasteiger partial charge in [-0.05, 0) is 48.5 Å². The molecule has 0 spiro atoms. The van der Waals surface area contributed by atoms with Gasteiger partial charge >= 0.3 is 0 Å². The summed E-state index contributed by atoms with van der Waals surface area (Å²) < 4.78 is 0. The van der Waals surface area contributed by atoms with Crippen molar-refractivity contribution in [1.82, 2.24) is 19.6 Å². The minimum absolute atomic E-state index is 0.625. The smallest absolute Gasteiger partial charge is 0.0615 e. The Balaban J connectivity index is 0.000000180. The lowest BCUT2D eigenvalue weighted by Crippen LogP contribution is -2.33. The molecule has 0 aromatic carbocycles. The normalized spacial score (nSPS) is 32.8. The molecule has 108 valence electrons. The highest BCUT2D eigenvalue weighted by Gasteiger charge is 2.27. The van der Waals surface area contributed by atoms with Crippen LogP contribution in [0.1, 0.15) is 27.2 Å². The highest BCUT2D eigenvalue weighted by Crippen LogP contribution is 2.14. The molecule has 0 amide bonds. The summed E-state index contributed by atoms with van der Waals surface area (Å²) in [5, 5.41) is 0. The van der Waals surface area contributed by atoms with Crippen molar-refractivity contribution >= 4 is 0 Å². The van der Waals surface area contributed by atoms with Crippen molar-refractivity contribution < 1.29 is 0 Å². The van der Waals surface area contributed by atoms with Gasteiger partial charge in [0.1, 0.15) is 0 Å². The van der Waals surface area contributed by atoms with Gasteiger partial charge in [0.15, 0.2) is 0 Å². The molecule has 0 saturated carbocycles. The van der Waals surface area contributed by atoms with E-state index in [9.17, 15) is 0 Å². The summed E-state index contributed by atoms with van der Waals surface area (Å²) >= 11 is 0. The second-order valence-electron chi connectivity index (χ2n) is 5.94. The first-order valence-corrected chi connectivity index (χ1v) is 7.21. The first-order valence-electron chi connectivity index (χ1n) is 7.21. The lowest BCUT2D eigenvalue weighted by atomic mass is 10.3. The molecule has 4 heteroatoms. The van der Waals surface area contributed by atoms with Gasteiger partial charge in [0.05, 0.1) is 12.3 Å². The van der Waals surface area contributed by atoms with Gasteiger partial charge in [0.2, 0.25) is 0 Å². The fraction of sp³-hybridized carbons (Fsp3) is 1.00. The highest BCUT2D eigenvalue weighted by molar-refractivity contribution is 4.80. The Hall–Kier alpha value is -0.160. The summed E-state index contributed by atoms with van der Waals surface area (Å²) in [6.45, 7) is 10.4. The third-order valence-corrected chi connectivity index (χ3v) is 4.66. The molecule has 0 aliphatic carbocycles. The fourth-order valence-corrected chi connectivity index (χ4v) is 2.95. The van der Waals surface area contributed by atoms with Crippen LogP contribution in [0.4, 0.5) is 0 Å². The standard InChI is InChI=1S/2C7H16N2/c1-6-5-8(3)7(2)9(6)4;1-4-7-8(2)5-6-9(7)3/h6-7H,5H2,1-4H3;7H,4-6H2,1-3H3. The summed E-state index contributed by atoms with van der Waals surface area (Å²) in [6.07, 6.45) is 2.57. The summed E-state index contributed by atoms with van der Waals surface area (Å²) in [5.41, 5.74) is 0. The first kappa shape index (κ1) is 15.9. The van der Waals surface area contributed by atoms with Crippen molar-refractivity contribution in [3.05, 3.63) is 0 Å². The van der Waals surface area contributed by atoms with Gasteiger partial charge in [-0.15, -0.1) is 0 Å². The van der Waals surface area contributed by atoms with Crippen LogP contribution in [-0.2, 0) is 0 Å². The Bertz CT molecular complexity index is 224. The molecule has 0 bridgehead atoms. The monoisotopic (exact) mass is 256 g/mol. The third-order valence-electron chi connectivity index (χ3n) is 4.66. The third kappa shape index (κ3) is 3.67. The van der Waals surface area contributed by atoms with E-state index in [1.54, 1.807) is 0 Å². The van der Waals surface area contributed by atoms with E-state index >= 15 is 0 Å². The largest absolute Gasteiger partial charge is 0.290 e. The van der Waals surface area contributed by atoms with Crippen molar-refractivity contribution in [3.8, 4) is 0 Å². The molecule has 2 heterocycles. The zero-order valence-electron chi connectivity index (χ0n) is 13.3. The molecule has 2 saturated heterocycles. The summed E-state index contributed by atoms with van der Waals surface area (Å²) in [5.74, 6) is 0. The molecule has 18 heavy (non-hydrogen) atoms. The molecule has 2 unspecified atom stereocenters. The lowest BCUT2D eigenvalue weighted by molar-refractivity contribution is 0.182.